The van der Waals surface area contributed by atoms with E-state index < -0.39 is 0 Å². The van der Waals surface area contributed by atoms with E-state index in [4.69, 9.17) is 9.47 Å². The molecule has 1 aliphatic heterocycles. The first-order valence-corrected chi connectivity index (χ1v) is 6.88. The summed E-state index contributed by atoms with van der Waals surface area (Å²) >= 11 is 0. The predicted octanol–water partition coefficient (Wildman–Crippen LogP) is 1.89. The van der Waals surface area contributed by atoms with E-state index >= 15 is 0 Å². The van der Waals surface area contributed by atoms with Gasteiger partial charge in [0.25, 0.3) is 0 Å². The predicted molar refractivity (Wildman–Crippen MR) is 76.9 cm³/mol. The van der Waals surface area contributed by atoms with Crippen molar-refractivity contribution in [1.29, 1.82) is 0 Å². The van der Waals surface area contributed by atoms with Gasteiger partial charge in [-0.15, -0.1) is 0 Å². The van der Waals surface area contributed by atoms with Crippen LogP contribution in [0.15, 0.2) is 18.2 Å². The van der Waals surface area contributed by atoms with E-state index in [1.54, 1.807) is 14.2 Å². The van der Waals surface area contributed by atoms with E-state index in [9.17, 15) is 0 Å². The van der Waals surface area contributed by atoms with Crippen LogP contribution >= 0.6 is 0 Å². The molecule has 0 amide bonds. The highest BCUT2D eigenvalue weighted by atomic mass is 16.5. The number of hydrogen-bond donors (Lipinski definition) is 1. The zero-order valence-electron chi connectivity index (χ0n) is 12.1. The monoisotopic (exact) mass is 264 g/mol. The molecule has 4 nitrogen and oxygen atoms in total. The van der Waals surface area contributed by atoms with Gasteiger partial charge in [-0.05, 0) is 32.5 Å². The van der Waals surface area contributed by atoms with Crippen LogP contribution in [0, 0.1) is 0 Å². The van der Waals surface area contributed by atoms with Gasteiger partial charge in [0.2, 0.25) is 0 Å². The van der Waals surface area contributed by atoms with E-state index in [2.05, 4.69) is 16.3 Å². The fraction of sp³-hybridized carbons (Fsp3) is 0.600. The van der Waals surface area contributed by atoms with Crippen LogP contribution < -0.4 is 14.8 Å². The molecule has 106 valence electrons. The summed E-state index contributed by atoms with van der Waals surface area (Å²) in [5.41, 5.74) is 1.19. The van der Waals surface area contributed by atoms with Crippen LogP contribution in [0.2, 0.25) is 0 Å². The van der Waals surface area contributed by atoms with Gasteiger partial charge in [-0.3, -0.25) is 4.90 Å². The van der Waals surface area contributed by atoms with Gasteiger partial charge in [-0.1, -0.05) is 12.1 Å². The number of para-hydroxylation sites is 1. The third-order valence-corrected chi connectivity index (χ3v) is 3.79. The van der Waals surface area contributed by atoms with Gasteiger partial charge in [-0.25, -0.2) is 0 Å². The van der Waals surface area contributed by atoms with E-state index in [1.807, 2.05) is 19.2 Å². The van der Waals surface area contributed by atoms with Crippen molar-refractivity contribution in [3.05, 3.63) is 23.8 Å². The maximum atomic E-state index is 5.49. The Morgan fingerprint density at radius 2 is 2.16 bits per heavy atom. The summed E-state index contributed by atoms with van der Waals surface area (Å²) in [6, 6.07) is 6.68. The number of methoxy groups -OCH3 is 2. The van der Waals surface area contributed by atoms with Crippen molar-refractivity contribution < 1.29 is 9.47 Å². The zero-order chi connectivity index (χ0) is 13.7. The Morgan fingerprint density at radius 3 is 2.84 bits per heavy atom. The zero-order valence-corrected chi connectivity index (χ0v) is 12.1. The first-order valence-electron chi connectivity index (χ1n) is 6.88. The van der Waals surface area contributed by atoms with Gasteiger partial charge in [0.05, 0.1) is 14.2 Å². The molecule has 0 aromatic heterocycles. The maximum absolute atomic E-state index is 5.49. The lowest BCUT2D eigenvalue weighted by Gasteiger charge is -2.32. The van der Waals surface area contributed by atoms with E-state index in [0.29, 0.717) is 6.04 Å². The average Bonchev–Trinajstić information content (AvgIpc) is 2.47. The number of nitrogens with zero attached hydrogens (tertiary/aromatic N) is 1. The number of rotatable bonds is 5. The van der Waals surface area contributed by atoms with Crippen molar-refractivity contribution in [2.24, 2.45) is 0 Å². The summed E-state index contributed by atoms with van der Waals surface area (Å²) in [6.45, 7) is 3.16. The van der Waals surface area contributed by atoms with Crippen LogP contribution in [-0.4, -0.2) is 45.3 Å². The molecule has 1 fully saturated rings. The molecule has 4 heteroatoms. The standard InChI is InChI=1S/C15H24N2O2/c1-16-13-7-5-9-17(11-13)10-12-6-4-8-14(18-2)15(12)19-3/h4,6,8,13,16H,5,7,9-11H2,1-3H3. The summed E-state index contributed by atoms with van der Waals surface area (Å²) in [5, 5.41) is 3.37. The number of likely N-dealkylation sites (tertiary alicyclic amines) is 1. The number of likely N-dealkylation sites (N-methyl/N-ethyl adjacent to an activating group) is 1. The molecule has 2 rings (SSSR count). The van der Waals surface area contributed by atoms with Crippen LogP contribution in [0.25, 0.3) is 0 Å². The average molecular weight is 264 g/mol. The van der Waals surface area contributed by atoms with Gasteiger partial charge in [0.15, 0.2) is 11.5 Å². The minimum absolute atomic E-state index is 0.602. The van der Waals surface area contributed by atoms with E-state index in [-0.39, 0.29) is 0 Å². The molecule has 0 spiro atoms. The molecule has 0 saturated carbocycles. The van der Waals surface area contributed by atoms with E-state index in [1.165, 1.54) is 18.4 Å². The minimum Gasteiger partial charge on any atom is -0.493 e. The fourth-order valence-electron chi connectivity index (χ4n) is 2.75. The highest BCUT2D eigenvalue weighted by molar-refractivity contribution is 5.46. The van der Waals surface area contributed by atoms with Crippen LogP contribution in [0.3, 0.4) is 0 Å². The van der Waals surface area contributed by atoms with Crippen LogP contribution in [0.1, 0.15) is 18.4 Å². The SMILES string of the molecule is CNC1CCCN(Cc2cccc(OC)c2OC)C1. The Labute approximate surface area is 115 Å². The molecule has 1 saturated heterocycles. The highest BCUT2D eigenvalue weighted by Crippen LogP contribution is 2.31. The Hall–Kier alpha value is -1.26. The molecule has 1 aliphatic rings. The van der Waals surface area contributed by atoms with Crippen molar-refractivity contribution >= 4 is 0 Å². The molecule has 1 atom stereocenters. The second-order valence-corrected chi connectivity index (χ2v) is 5.02. The third kappa shape index (κ3) is 3.39. The Kier molecular flexibility index (Phi) is 5.05. The number of benzene rings is 1. The molecule has 0 radical (unpaired) electrons. The molecular weight excluding hydrogens is 240 g/mol. The van der Waals surface area contributed by atoms with Gasteiger partial charge in [-0.2, -0.15) is 0 Å². The molecule has 1 N–H and O–H groups in total. The molecule has 0 bridgehead atoms. The topological polar surface area (TPSA) is 33.7 Å². The smallest absolute Gasteiger partial charge is 0.165 e. The highest BCUT2D eigenvalue weighted by Gasteiger charge is 2.20. The molecular formula is C15H24N2O2. The van der Waals surface area contributed by atoms with Gasteiger partial charge in [0, 0.05) is 24.7 Å². The number of nitrogens with one attached hydrogen (secondary N) is 1. The lowest BCUT2D eigenvalue weighted by atomic mass is 10.0. The van der Waals surface area contributed by atoms with Crippen molar-refractivity contribution in [2.75, 3.05) is 34.4 Å². The second-order valence-electron chi connectivity index (χ2n) is 5.02. The van der Waals surface area contributed by atoms with Crippen molar-refractivity contribution in [1.82, 2.24) is 10.2 Å². The van der Waals surface area contributed by atoms with Crippen molar-refractivity contribution in [3.63, 3.8) is 0 Å². The number of hydrogen-bond acceptors (Lipinski definition) is 4. The first kappa shape index (κ1) is 14.2. The van der Waals surface area contributed by atoms with Crippen LogP contribution in [-0.2, 0) is 6.54 Å². The molecule has 1 aromatic carbocycles. The molecule has 1 unspecified atom stereocenters. The number of piperidine rings is 1. The lowest BCUT2D eigenvalue weighted by Crippen LogP contribution is -2.43. The Balaban J connectivity index is 2.10. The summed E-state index contributed by atoms with van der Waals surface area (Å²) < 4.78 is 10.8. The summed E-state index contributed by atoms with van der Waals surface area (Å²) in [5.74, 6) is 1.67. The summed E-state index contributed by atoms with van der Waals surface area (Å²) in [4.78, 5) is 2.47. The Morgan fingerprint density at radius 1 is 1.32 bits per heavy atom. The van der Waals surface area contributed by atoms with Gasteiger partial charge >= 0.3 is 0 Å². The molecule has 1 aromatic rings. The fourth-order valence-corrected chi connectivity index (χ4v) is 2.75. The molecule has 0 aliphatic carbocycles. The third-order valence-electron chi connectivity index (χ3n) is 3.79. The second kappa shape index (κ2) is 6.78. The van der Waals surface area contributed by atoms with Gasteiger partial charge < -0.3 is 14.8 Å². The van der Waals surface area contributed by atoms with Crippen molar-refractivity contribution in [3.8, 4) is 11.5 Å². The lowest BCUT2D eigenvalue weighted by molar-refractivity contribution is 0.185. The van der Waals surface area contributed by atoms with Crippen molar-refractivity contribution in [2.45, 2.75) is 25.4 Å². The number of ether oxygens (including phenoxy) is 2. The first-order chi connectivity index (χ1) is 9.28. The van der Waals surface area contributed by atoms with Crippen LogP contribution in [0.5, 0.6) is 11.5 Å². The van der Waals surface area contributed by atoms with Gasteiger partial charge in [0.1, 0.15) is 0 Å². The van der Waals surface area contributed by atoms with E-state index in [0.717, 1.165) is 31.1 Å². The normalized spacial score (nSPS) is 20.3. The minimum atomic E-state index is 0.602. The Bertz CT molecular complexity index is 409. The summed E-state index contributed by atoms with van der Waals surface area (Å²) in [6.07, 6.45) is 2.51. The molecule has 1 heterocycles. The largest absolute Gasteiger partial charge is 0.493 e. The van der Waals surface area contributed by atoms with Crippen LogP contribution in [0.4, 0.5) is 0 Å². The quantitative estimate of drug-likeness (QED) is 0.880. The summed E-state index contributed by atoms with van der Waals surface area (Å²) in [7, 11) is 5.42. The molecule has 19 heavy (non-hydrogen) atoms. The maximum Gasteiger partial charge on any atom is 0.165 e.